The summed E-state index contributed by atoms with van der Waals surface area (Å²) in [5, 5.41) is 20.3. The summed E-state index contributed by atoms with van der Waals surface area (Å²) in [5.74, 6) is 1.19. The molecule has 2 aliphatic heterocycles. The van der Waals surface area contributed by atoms with Crippen LogP contribution in [0.1, 0.15) is 63.5 Å². The molecule has 8 heteroatoms. The first-order valence-electron chi connectivity index (χ1n) is 18.3. The maximum absolute atomic E-state index is 14.5. The Bertz CT molecular complexity index is 1360. The third-order valence-electron chi connectivity index (χ3n) is 13.5. The van der Waals surface area contributed by atoms with E-state index in [1.165, 1.54) is 0 Å². The summed E-state index contributed by atoms with van der Waals surface area (Å²) in [4.78, 5) is 33.8. The summed E-state index contributed by atoms with van der Waals surface area (Å²) in [7, 11) is 4.35. The maximum atomic E-state index is 14.5. The Morgan fingerprint density at radius 2 is 0.938 bits per heavy atom. The van der Waals surface area contributed by atoms with E-state index in [0.29, 0.717) is 35.5 Å². The summed E-state index contributed by atoms with van der Waals surface area (Å²) < 4.78 is 13.0. The lowest BCUT2D eigenvalue weighted by molar-refractivity contribution is -0.175. The van der Waals surface area contributed by atoms with E-state index < -0.39 is 23.7 Å². The van der Waals surface area contributed by atoms with Crippen LogP contribution in [0.25, 0.3) is 0 Å². The molecule has 260 valence electrons. The second-order valence-corrected chi connectivity index (χ2v) is 16.5. The van der Waals surface area contributed by atoms with Crippen molar-refractivity contribution in [1.82, 2.24) is 9.80 Å². The lowest BCUT2D eigenvalue weighted by Crippen LogP contribution is -2.53. The van der Waals surface area contributed by atoms with E-state index in [9.17, 15) is 19.8 Å². The summed E-state index contributed by atoms with van der Waals surface area (Å²) in [6, 6.07) is 13.8. The van der Waals surface area contributed by atoms with Crippen molar-refractivity contribution in [1.29, 1.82) is 0 Å². The monoisotopic (exact) mass is 658 g/mol. The van der Waals surface area contributed by atoms with Gasteiger partial charge in [-0.05, 0) is 110 Å². The summed E-state index contributed by atoms with van der Waals surface area (Å²) in [6.07, 6.45) is 1.40. The molecule has 8 nitrogen and oxygen atoms in total. The van der Waals surface area contributed by atoms with Gasteiger partial charge in [0.2, 0.25) is 0 Å². The quantitative estimate of drug-likeness (QED) is 0.379. The number of carbonyl (C=O) groups is 2. The fourth-order valence-corrected chi connectivity index (χ4v) is 11.0. The molecule has 0 unspecified atom stereocenters. The van der Waals surface area contributed by atoms with Crippen molar-refractivity contribution in [2.24, 2.45) is 59.2 Å². The highest BCUT2D eigenvalue weighted by molar-refractivity contribution is 5.85. The summed E-state index contributed by atoms with van der Waals surface area (Å²) in [6.45, 7) is 13.2. The van der Waals surface area contributed by atoms with Crippen LogP contribution in [0.5, 0.6) is 11.5 Å². The second-order valence-electron chi connectivity index (χ2n) is 16.5. The number of piperidine rings is 2. The van der Waals surface area contributed by atoms with Gasteiger partial charge in [0.05, 0.1) is 11.8 Å². The lowest BCUT2D eigenvalue weighted by Gasteiger charge is -2.50. The molecule has 7 rings (SSSR count). The van der Waals surface area contributed by atoms with Gasteiger partial charge in [0.1, 0.15) is 23.7 Å². The Labute approximate surface area is 285 Å². The van der Waals surface area contributed by atoms with Crippen molar-refractivity contribution in [3.05, 3.63) is 59.7 Å². The number of phenols is 2. The molecule has 0 aromatic heterocycles. The van der Waals surface area contributed by atoms with E-state index in [0.717, 1.165) is 50.1 Å². The molecule has 2 heterocycles. The molecule has 0 spiro atoms. The zero-order valence-electron chi connectivity index (χ0n) is 29.4. The number of phenolic OH excluding ortho intramolecular Hbond substituents is 2. The van der Waals surface area contributed by atoms with Gasteiger partial charge in [-0.3, -0.25) is 9.59 Å². The van der Waals surface area contributed by atoms with E-state index in [-0.39, 0.29) is 47.5 Å². The highest BCUT2D eigenvalue weighted by Crippen LogP contribution is 2.60. The van der Waals surface area contributed by atoms with E-state index in [1.54, 1.807) is 24.3 Å². The van der Waals surface area contributed by atoms with Gasteiger partial charge in [-0.15, -0.1) is 0 Å². The number of nitrogens with zero attached hydrogens (tertiary/aromatic N) is 2. The van der Waals surface area contributed by atoms with Crippen LogP contribution in [0.3, 0.4) is 0 Å². The topological polar surface area (TPSA) is 99.5 Å². The van der Waals surface area contributed by atoms with Gasteiger partial charge in [-0.25, -0.2) is 0 Å². The molecule has 0 radical (unpaired) electrons. The fourth-order valence-electron chi connectivity index (χ4n) is 11.0. The molecule has 2 aromatic carbocycles. The highest BCUT2D eigenvalue weighted by atomic mass is 16.6. The molecule has 10 atom stereocenters. The number of benzene rings is 2. The molecule has 5 aliphatic rings. The Hall–Kier alpha value is -3.10. The normalized spacial score (nSPS) is 41.2. The molecule has 3 saturated carbocycles. The number of rotatable bonds is 6. The Morgan fingerprint density at radius 3 is 1.29 bits per heavy atom. The van der Waals surface area contributed by atoms with Gasteiger partial charge in [-0.2, -0.15) is 0 Å². The van der Waals surface area contributed by atoms with Crippen molar-refractivity contribution >= 4 is 11.9 Å². The SMILES string of the molecule is C[C@H]1[C@H]2CN(C)C[C@H](C)[C@@H]2C[C@H]1OC(=O)C1C(c2ccc(O)cc2)C(C(=O)O[C@@H]2C[C@@H]3[C@H](CN(C)C[C@@H]3C)[C@@H]2C)C1c1ccc(O)cc1. The summed E-state index contributed by atoms with van der Waals surface area (Å²) >= 11 is 0. The third-order valence-corrected chi connectivity index (χ3v) is 13.5. The largest absolute Gasteiger partial charge is 0.508 e. The van der Waals surface area contributed by atoms with Gasteiger partial charge in [-0.1, -0.05) is 52.0 Å². The van der Waals surface area contributed by atoms with Gasteiger partial charge in [0, 0.05) is 38.0 Å². The second kappa shape index (κ2) is 13.0. The van der Waals surface area contributed by atoms with Crippen molar-refractivity contribution < 1.29 is 29.3 Å². The van der Waals surface area contributed by atoms with Crippen molar-refractivity contribution in [2.75, 3.05) is 40.3 Å². The summed E-state index contributed by atoms with van der Waals surface area (Å²) in [5.41, 5.74) is 1.64. The lowest BCUT2D eigenvalue weighted by atomic mass is 9.52. The highest BCUT2D eigenvalue weighted by Gasteiger charge is 2.61. The molecule has 0 bridgehead atoms. The third kappa shape index (κ3) is 5.91. The average molecular weight is 659 g/mol. The molecule has 0 amide bonds. The first-order valence-corrected chi connectivity index (χ1v) is 18.3. The molecule has 3 aliphatic carbocycles. The fraction of sp³-hybridized carbons (Fsp3) is 0.650. The number of likely N-dealkylation sites (tertiary alicyclic amines) is 2. The average Bonchev–Trinajstić information content (AvgIpc) is 3.50. The molecule has 2 saturated heterocycles. The molecule has 5 fully saturated rings. The first kappa shape index (κ1) is 33.4. The van der Waals surface area contributed by atoms with Crippen molar-refractivity contribution in [2.45, 2.75) is 64.6 Å². The zero-order chi connectivity index (χ0) is 34.0. The zero-order valence-corrected chi connectivity index (χ0v) is 29.4. The number of hydrogen-bond acceptors (Lipinski definition) is 8. The minimum atomic E-state index is -0.608. The van der Waals surface area contributed by atoms with Crippen LogP contribution in [-0.2, 0) is 19.1 Å². The first-order chi connectivity index (χ1) is 22.9. The van der Waals surface area contributed by atoms with Crippen LogP contribution in [0.4, 0.5) is 0 Å². The van der Waals surface area contributed by atoms with E-state index >= 15 is 0 Å². The number of esters is 2. The molecular weight excluding hydrogens is 604 g/mol. The van der Waals surface area contributed by atoms with E-state index in [1.807, 2.05) is 24.3 Å². The van der Waals surface area contributed by atoms with Crippen LogP contribution >= 0.6 is 0 Å². The van der Waals surface area contributed by atoms with Crippen molar-refractivity contribution in [3.63, 3.8) is 0 Å². The number of hydrogen-bond donors (Lipinski definition) is 2. The number of aromatic hydroxyl groups is 2. The van der Waals surface area contributed by atoms with Crippen LogP contribution in [0.2, 0.25) is 0 Å². The van der Waals surface area contributed by atoms with Crippen LogP contribution < -0.4 is 0 Å². The van der Waals surface area contributed by atoms with Gasteiger partial charge in [0.25, 0.3) is 0 Å². The molecular formula is C40H54N2O6. The Balaban J connectivity index is 1.19. The van der Waals surface area contributed by atoms with Crippen molar-refractivity contribution in [3.8, 4) is 11.5 Å². The van der Waals surface area contributed by atoms with Crippen LogP contribution in [-0.4, -0.2) is 84.4 Å². The molecule has 2 N–H and O–H groups in total. The number of fused-ring (bicyclic) bond motifs is 2. The Morgan fingerprint density at radius 1 is 0.583 bits per heavy atom. The van der Waals surface area contributed by atoms with E-state index in [4.69, 9.17) is 9.47 Å². The number of ether oxygens (including phenoxy) is 2. The number of carbonyl (C=O) groups excluding carboxylic acids is 2. The minimum Gasteiger partial charge on any atom is -0.508 e. The van der Waals surface area contributed by atoms with Gasteiger partial charge >= 0.3 is 11.9 Å². The standard InChI is InChI=1S/C40H54N2O6/c1-21-17-41(5)19-31-23(3)33(15-29(21)31)47-39(45)37-35(25-7-11-27(43)12-8-25)38(36(37)26-9-13-28(44)14-10-26)40(46)48-34-16-30-22(2)18-42(6)20-32(30)24(34)4/h7-14,21-24,29-38,43-44H,15-20H2,1-6H3/t21-,22-,23-,24-,29-,30-,31+,32+,33+,34+,35?,36?,37?,38?/m0/s1. The van der Waals surface area contributed by atoms with Gasteiger partial charge < -0.3 is 29.5 Å². The minimum absolute atomic E-state index is 0.134. The predicted octanol–water partition coefficient (Wildman–Crippen LogP) is 5.74. The predicted molar refractivity (Wildman–Crippen MR) is 183 cm³/mol. The van der Waals surface area contributed by atoms with Crippen LogP contribution in [0, 0.1) is 59.2 Å². The molecule has 2 aromatic rings. The molecule has 48 heavy (non-hydrogen) atoms. The van der Waals surface area contributed by atoms with Gasteiger partial charge in [0.15, 0.2) is 0 Å². The maximum Gasteiger partial charge on any atom is 0.310 e. The van der Waals surface area contributed by atoms with Crippen LogP contribution in [0.15, 0.2) is 48.5 Å². The Kier molecular flexibility index (Phi) is 9.03. The smallest absolute Gasteiger partial charge is 0.310 e. The van der Waals surface area contributed by atoms with E-state index in [2.05, 4.69) is 51.6 Å².